The number of nitrogens with zero attached hydrogens (tertiary/aromatic N) is 3. The van der Waals surface area contributed by atoms with E-state index in [0.29, 0.717) is 25.6 Å². The highest BCUT2D eigenvalue weighted by molar-refractivity contribution is 7.09. The summed E-state index contributed by atoms with van der Waals surface area (Å²) in [5.74, 6) is 0.686. The van der Waals surface area contributed by atoms with Crippen molar-refractivity contribution in [2.75, 3.05) is 6.54 Å². The van der Waals surface area contributed by atoms with Crippen LogP contribution in [0.3, 0.4) is 0 Å². The van der Waals surface area contributed by atoms with Crippen LogP contribution in [-0.4, -0.2) is 33.0 Å². The highest BCUT2D eigenvalue weighted by Gasteiger charge is 2.44. The summed E-state index contributed by atoms with van der Waals surface area (Å²) in [5.41, 5.74) is 0.916. The number of carbonyl (C=O) groups is 2. The van der Waals surface area contributed by atoms with Gasteiger partial charge < -0.3 is 10.2 Å². The van der Waals surface area contributed by atoms with E-state index in [9.17, 15) is 9.59 Å². The molecule has 7 heteroatoms. The van der Waals surface area contributed by atoms with Gasteiger partial charge in [0.15, 0.2) is 0 Å². The molecule has 2 aromatic rings. The van der Waals surface area contributed by atoms with Gasteiger partial charge in [-0.3, -0.25) is 14.3 Å². The van der Waals surface area contributed by atoms with Gasteiger partial charge in [0.05, 0.1) is 25.3 Å². The van der Waals surface area contributed by atoms with E-state index >= 15 is 0 Å². The molecule has 4 rings (SSSR count). The third kappa shape index (κ3) is 2.84. The van der Waals surface area contributed by atoms with Gasteiger partial charge in [-0.05, 0) is 29.9 Å². The molecule has 0 saturated heterocycles. The first-order chi connectivity index (χ1) is 11.6. The van der Waals surface area contributed by atoms with Gasteiger partial charge in [0, 0.05) is 17.0 Å². The van der Waals surface area contributed by atoms with Crippen molar-refractivity contribution < 1.29 is 9.59 Å². The molecule has 3 heterocycles. The monoisotopic (exact) mass is 344 g/mol. The van der Waals surface area contributed by atoms with Crippen molar-refractivity contribution in [3.8, 4) is 0 Å². The van der Waals surface area contributed by atoms with E-state index in [1.165, 1.54) is 0 Å². The van der Waals surface area contributed by atoms with Gasteiger partial charge in [0.2, 0.25) is 11.8 Å². The number of hydrogen-bond donors (Lipinski definition) is 1. The summed E-state index contributed by atoms with van der Waals surface area (Å²) in [6.45, 7) is 3.54. The number of hydrogen-bond acceptors (Lipinski definition) is 4. The maximum atomic E-state index is 12.7. The van der Waals surface area contributed by atoms with Gasteiger partial charge in [-0.15, -0.1) is 11.3 Å². The molecular formula is C17H20N4O2S. The molecule has 1 fully saturated rings. The third-order valence-electron chi connectivity index (χ3n) is 4.85. The smallest absolute Gasteiger partial charge is 0.247 e. The molecule has 1 aliphatic heterocycles. The molecule has 2 aromatic heterocycles. The molecule has 2 amide bonds. The van der Waals surface area contributed by atoms with E-state index < -0.39 is 6.04 Å². The molecule has 3 atom stereocenters. The summed E-state index contributed by atoms with van der Waals surface area (Å²) >= 11 is 1.61. The van der Waals surface area contributed by atoms with E-state index in [-0.39, 0.29) is 17.7 Å². The van der Waals surface area contributed by atoms with Crippen molar-refractivity contribution in [1.82, 2.24) is 20.0 Å². The number of thiophene rings is 1. The van der Waals surface area contributed by atoms with Gasteiger partial charge in [0.25, 0.3) is 0 Å². The summed E-state index contributed by atoms with van der Waals surface area (Å²) < 4.78 is 1.75. The fourth-order valence-corrected chi connectivity index (χ4v) is 3.91. The molecule has 1 aliphatic carbocycles. The Morgan fingerprint density at radius 1 is 1.42 bits per heavy atom. The van der Waals surface area contributed by atoms with E-state index in [4.69, 9.17) is 0 Å². The zero-order chi connectivity index (χ0) is 16.7. The normalized spacial score (nSPS) is 25.2. The maximum Gasteiger partial charge on any atom is 0.247 e. The Bertz CT molecular complexity index is 754. The molecule has 0 radical (unpaired) electrons. The van der Waals surface area contributed by atoms with Crippen LogP contribution in [0.25, 0.3) is 0 Å². The molecule has 0 bridgehead atoms. The largest absolute Gasteiger partial charge is 0.349 e. The minimum atomic E-state index is -0.457. The molecule has 2 aliphatic rings. The Balaban J connectivity index is 1.48. The van der Waals surface area contributed by atoms with Crippen molar-refractivity contribution in [2.24, 2.45) is 11.8 Å². The lowest BCUT2D eigenvalue weighted by molar-refractivity contribution is -0.137. The number of aromatic nitrogens is 2. The minimum Gasteiger partial charge on any atom is -0.349 e. The first-order valence-electron chi connectivity index (χ1n) is 8.24. The van der Waals surface area contributed by atoms with Gasteiger partial charge in [-0.25, -0.2) is 0 Å². The number of nitrogens with one attached hydrogen (secondary N) is 1. The predicted molar refractivity (Wildman–Crippen MR) is 90.1 cm³/mol. The van der Waals surface area contributed by atoms with Gasteiger partial charge >= 0.3 is 0 Å². The number of rotatable bonds is 4. The van der Waals surface area contributed by atoms with Crippen LogP contribution in [0, 0.1) is 11.8 Å². The first-order valence-corrected chi connectivity index (χ1v) is 9.12. The summed E-state index contributed by atoms with van der Waals surface area (Å²) in [6, 6.07) is 5.39. The van der Waals surface area contributed by atoms with Crippen molar-refractivity contribution >= 4 is 23.2 Å². The zero-order valence-electron chi connectivity index (χ0n) is 13.5. The highest BCUT2D eigenvalue weighted by Crippen LogP contribution is 2.40. The van der Waals surface area contributed by atoms with Crippen molar-refractivity contribution in [3.63, 3.8) is 0 Å². The maximum absolute atomic E-state index is 12.7. The highest BCUT2D eigenvalue weighted by atomic mass is 32.1. The second kappa shape index (κ2) is 6.05. The van der Waals surface area contributed by atoms with Crippen LogP contribution < -0.4 is 5.32 Å². The standard InChI is InChI=1S/C17H20N4O2S/c1-11-7-14(11)17(23)20-9-12-4-5-19-21(12)15(10-20)16(22)18-8-13-3-2-6-24-13/h2-6,11,14-15H,7-10H2,1H3,(H,18,22)/t11-,14-,15+/m1/s1. The quantitative estimate of drug-likeness (QED) is 0.920. The van der Waals surface area contributed by atoms with Crippen LogP contribution in [0.1, 0.15) is 30.0 Å². The van der Waals surface area contributed by atoms with Gasteiger partial charge in [-0.1, -0.05) is 13.0 Å². The number of carbonyl (C=O) groups excluding carboxylic acids is 2. The Hall–Kier alpha value is -2.15. The molecule has 0 spiro atoms. The average Bonchev–Trinajstić information content (AvgIpc) is 3.01. The topological polar surface area (TPSA) is 67.2 Å². The number of amides is 2. The molecule has 126 valence electrons. The Morgan fingerprint density at radius 2 is 2.25 bits per heavy atom. The van der Waals surface area contributed by atoms with E-state index in [1.54, 1.807) is 22.2 Å². The Kier molecular flexibility index (Phi) is 3.88. The van der Waals surface area contributed by atoms with Crippen LogP contribution in [0.4, 0.5) is 0 Å². The molecule has 24 heavy (non-hydrogen) atoms. The van der Waals surface area contributed by atoms with Crippen LogP contribution in [-0.2, 0) is 22.7 Å². The Labute approximate surface area is 144 Å². The van der Waals surface area contributed by atoms with Crippen LogP contribution >= 0.6 is 11.3 Å². The molecule has 1 saturated carbocycles. The second-order valence-corrected chi connectivity index (χ2v) is 7.65. The lowest BCUT2D eigenvalue weighted by Crippen LogP contribution is -2.47. The van der Waals surface area contributed by atoms with Crippen molar-refractivity contribution in [3.05, 3.63) is 40.3 Å². The molecule has 1 N–H and O–H groups in total. The van der Waals surface area contributed by atoms with Gasteiger partial charge in [0.1, 0.15) is 6.04 Å². The summed E-state index contributed by atoms with van der Waals surface area (Å²) in [7, 11) is 0. The molecular weight excluding hydrogens is 324 g/mol. The van der Waals surface area contributed by atoms with Crippen LogP contribution in [0.5, 0.6) is 0 Å². The van der Waals surface area contributed by atoms with Crippen molar-refractivity contribution in [2.45, 2.75) is 32.5 Å². The lowest BCUT2D eigenvalue weighted by atomic mass is 10.1. The summed E-state index contributed by atoms with van der Waals surface area (Å²) in [6.07, 6.45) is 2.66. The minimum absolute atomic E-state index is 0.0882. The van der Waals surface area contributed by atoms with E-state index in [1.807, 2.05) is 28.5 Å². The SMILES string of the molecule is C[C@@H]1C[C@H]1C(=O)N1Cc2ccnn2[C@H](C(=O)NCc2cccs2)C1. The zero-order valence-corrected chi connectivity index (χ0v) is 14.3. The van der Waals surface area contributed by atoms with Crippen molar-refractivity contribution in [1.29, 1.82) is 0 Å². The second-order valence-electron chi connectivity index (χ2n) is 6.62. The van der Waals surface area contributed by atoms with Gasteiger partial charge in [-0.2, -0.15) is 5.10 Å². The average molecular weight is 344 g/mol. The number of fused-ring (bicyclic) bond motifs is 1. The fraction of sp³-hybridized carbons (Fsp3) is 0.471. The van der Waals surface area contributed by atoms with E-state index in [0.717, 1.165) is 17.0 Å². The Morgan fingerprint density at radius 3 is 2.96 bits per heavy atom. The lowest BCUT2D eigenvalue weighted by Gasteiger charge is -2.33. The molecule has 0 aromatic carbocycles. The summed E-state index contributed by atoms with van der Waals surface area (Å²) in [5, 5.41) is 9.26. The first kappa shape index (κ1) is 15.4. The third-order valence-corrected chi connectivity index (χ3v) is 5.73. The predicted octanol–water partition coefficient (Wildman–Crippen LogP) is 1.80. The van der Waals surface area contributed by atoms with Crippen LogP contribution in [0.2, 0.25) is 0 Å². The molecule has 6 nitrogen and oxygen atoms in total. The fourth-order valence-electron chi connectivity index (χ4n) is 3.26. The molecule has 0 unspecified atom stereocenters. The summed E-state index contributed by atoms with van der Waals surface area (Å²) in [4.78, 5) is 28.2. The van der Waals surface area contributed by atoms with Crippen LogP contribution in [0.15, 0.2) is 29.8 Å². The van der Waals surface area contributed by atoms with E-state index in [2.05, 4.69) is 17.3 Å².